The third-order valence-electron chi connectivity index (χ3n) is 2.06. The van der Waals surface area contributed by atoms with E-state index >= 15 is 0 Å². The van der Waals surface area contributed by atoms with Crippen LogP contribution >= 0.6 is 0 Å². The van der Waals surface area contributed by atoms with Crippen molar-refractivity contribution >= 4 is 0 Å². The normalized spacial score (nSPS) is 10.6. The summed E-state index contributed by atoms with van der Waals surface area (Å²) in [5, 5.41) is 0. The van der Waals surface area contributed by atoms with Crippen molar-refractivity contribution in [2.45, 2.75) is 6.42 Å². The van der Waals surface area contributed by atoms with Gasteiger partial charge in [-0.3, -0.25) is 0 Å². The summed E-state index contributed by atoms with van der Waals surface area (Å²) in [6.07, 6.45) is 0.855. The molecule has 0 atom stereocenters. The van der Waals surface area contributed by atoms with Crippen LogP contribution in [-0.2, 0) is 6.42 Å². The second-order valence-electron chi connectivity index (χ2n) is 3.52. The van der Waals surface area contributed by atoms with Gasteiger partial charge in [-0.05, 0) is 38.2 Å². The second kappa shape index (κ2) is 4.96. The Bertz CT molecular complexity index is 299. The quantitative estimate of drug-likeness (QED) is 0.731. The molecule has 3 heteroatoms. The van der Waals surface area contributed by atoms with Crippen molar-refractivity contribution in [2.24, 2.45) is 0 Å². The highest BCUT2D eigenvalue weighted by atomic mass is 19.1. The van der Waals surface area contributed by atoms with Gasteiger partial charge in [-0.25, -0.2) is 4.39 Å². The fourth-order valence-electron chi connectivity index (χ4n) is 1.22. The van der Waals surface area contributed by atoms with Gasteiger partial charge >= 0.3 is 0 Å². The molecular formula is C11H16FNO. The summed E-state index contributed by atoms with van der Waals surface area (Å²) >= 11 is 0. The van der Waals surface area contributed by atoms with Crippen LogP contribution in [-0.4, -0.2) is 32.6 Å². The number of hydrogen-bond donors (Lipinski definition) is 0. The summed E-state index contributed by atoms with van der Waals surface area (Å²) in [7, 11) is 5.47. The first kappa shape index (κ1) is 11.0. The van der Waals surface area contributed by atoms with Crippen LogP contribution in [0.25, 0.3) is 0 Å². The average Bonchev–Trinajstić information content (AvgIpc) is 2.15. The van der Waals surface area contributed by atoms with Gasteiger partial charge in [-0.15, -0.1) is 0 Å². The smallest absolute Gasteiger partial charge is 0.165 e. The minimum Gasteiger partial charge on any atom is -0.494 e. The molecule has 1 aromatic rings. The summed E-state index contributed by atoms with van der Waals surface area (Å²) in [5.41, 5.74) is 0.997. The Kier molecular flexibility index (Phi) is 3.89. The summed E-state index contributed by atoms with van der Waals surface area (Å²) in [5.74, 6) is 0.0161. The molecule has 0 aliphatic carbocycles. The minimum atomic E-state index is -0.288. The van der Waals surface area contributed by atoms with Gasteiger partial charge in [0.1, 0.15) is 0 Å². The van der Waals surface area contributed by atoms with E-state index in [1.54, 1.807) is 6.07 Å². The Morgan fingerprint density at radius 3 is 2.57 bits per heavy atom. The van der Waals surface area contributed by atoms with Crippen LogP contribution in [0.4, 0.5) is 4.39 Å². The van der Waals surface area contributed by atoms with Crippen LogP contribution in [0.3, 0.4) is 0 Å². The average molecular weight is 197 g/mol. The van der Waals surface area contributed by atoms with Crippen LogP contribution in [0.1, 0.15) is 5.56 Å². The van der Waals surface area contributed by atoms with Crippen molar-refractivity contribution in [3.63, 3.8) is 0 Å². The minimum absolute atomic E-state index is 0.288. The predicted molar refractivity (Wildman–Crippen MR) is 55.2 cm³/mol. The van der Waals surface area contributed by atoms with Crippen molar-refractivity contribution in [3.8, 4) is 5.75 Å². The first-order valence-electron chi connectivity index (χ1n) is 4.60. The highest BCUT2D eigenvalue weighted by Crippen LogP contribution is 2.17. The van der Waals surface area contributed by atoms with Crippen molar-refractivity contribution in [2.75, 3.05) is 27.7 Å². The maximum atomic E-state index is 13.2. The molecule has 0 radical (unpaired) electrons. The van der Waals surface area contributed by atoms with E-state index in [0.717, 1.165) is 18.5 Å². The maximum Gasteiger partial charge on any atom is 0.165 e. The van der Waals surface area contributed by atoms with Gasteiger partial charge in [0.25, 0.3) is 0 Å². The molecule has 0 bridgehead atoms. The Labute approximate surface area is 84.3 Å². The molecule has 0 aromatic heterocycles. The molecule has 2 nitrogen and oxygen atoms in total. The standard InChI is InChI=1S/C11H16FNO/c1-13(2)7-6-9-4-5-11(14-3)10(12)8-9/h4-5,8H,6-7H2,1-3H3. The molecule has 1 aromatic carbocycles. The molecule has 0 fully saturated rings. The topological polar surface area (TPSA) is 12.5 Å². The monoisotopic (exact) mass is 197 g/mol. The zero-order valence-electron chi connectivity index (χ0n) is 8.88. The van der Waals surface area contributed by atoms with Gasteiger partial charge in [0.15, 0.2) is 11.6 Å². The highest BCUT2D eigenvalue weighted by Gasteiger charge is 2.03. The molecule has 0 N–H and O–H groups in total. The van der Waals surface area contributed by atoms with Crippen LogP contribution < -0.4 is 4.74 Å². The van der Waals surface area contributed by atoms with E-state index in [2.05, 4.69) is 4.90 Å². The summed E-state index contributed by atoms with van der Waals surface area (Å²) < 4.78 is 18.1. The van der Waals surface area contributed by atoms with Gasteiger partial charge in [0.2, 0.25) is 0 Å². The van der Waals surface area contributed by atoms with Gasteiger partial charge < -0.3 is 9.64 Å². The lowest BCUT2D eigenvalue weighted by Gasteiger charge is -2.09. The van der Waals surface area contributed by atoms with Crippen LogP contribution in [0.15, 0.2) is 18.2 Å². The van der Waals surface area contributed by atoms with Crippen LogP contribution in [0, 0.1) is 5.82 Å². The molecular weight excluding hydrogens is 181 g/mol. The van der Waals surface area contributed by atoms with Gasteiger partial charge in [-0.1, -0.05) is 6.07 Å². The lowest BCUT2D eigenvalue weighted by atomic mass is 10.1. The van der Waals surface area contributed by atoms with Crippen molar-refractivity contribution in [1.29, 1.82) is 0 Å². The summed E-state index contributed by atoms with van der Waals surface area (Å²) in [6.45, 7) is 0.922. The number of ether oxygens (including phenoxy) is 1. The lowest BCUT2D eigenvalue weighted by molar-refractivity contribution is 0.385. The van der Waals surface area contributed by atoms with E-state index in [1.165, 1.54) is 13.2 Å². The third kappa shape index (κ3) is 3.00. The zero-order valence-corrected chi connectivity index (χ0v) is 8.88. The molecule has 0 aliphatic rings. The molecule has 78 valence electrons. The molecule has 1 rings (SSSR count). The van der Waals surface area contributed by atoms with Crippen molar-refractivity contribution < 1.29 is 9.13 Å². The molecule has 0 saturated carbocycles. The van der Waals surface area contributed by atoms with E-state index in [1.807, 2.05) is 20.2 Å². The summed E-state index contributed by atoms with van der Waals surface area (Å²) in [6, 6.07) is 5.09. The zero-order chi connectivity index (χ0) is 10.6. The number of hydrogen-bond acceptors (Lipinski definition) is 2. The van der Waals surface area contributed by atoms with Crippen molar-refractivity contribution in [3.05, 3.63) is 29.6 Å². The maximum absolute atomic E-state index is 13.2. The van der Waals surface area contributed by atoms with E-state index in [4.69, 9.17) is 4.74 Å². The first-order chi connectivity index (χ1) is 6.63. The molecule has 0 spiro atoms. The van der Waals surface area contributed by atoms with Crippen molar-refractivity contribution in [1.82, 2.24) is 4.90 Å². The number of rotatable bonds is 4. The molecule has 0 aliphatic heterocycles. The molecule has 0 heterocycles. The Hall–Kier alpha value is -1.09. The number of nitrogens with zero attached hydrogens (tertiary/aromatic N) is 1. The SMILES string of the molecule is COc1ccc(CCN(C)C)cc1F. The highest BCUT2D eigenvalue weighted by molar-refractivity contribution is 5.29. The molecule has 0 unspecified atom stereocenters. The predicted octanol–water partition coefficient (Wildman–Crippen LogP) is 1.94. The van der Waals surface area contributed by atoms with Gasteiger partial charge in [0, 0.05) is 6.54 Å². The first-order valence-corrected chi connectivity index (χ1v) is 4.60. The molecule has 0 saturated heterocycles. The van der Waals surface area contributed by atoms with Crippen LogP contribution in [0.2, 0.25) is 0 Å². The van der Waals surface area contributed by atoms with E-state index < -0.39 is 0 Å². The Morgan fingerprint density at radius 1 is 1.36 bits per heavy atom. The number of halogens is 1. The second-order valence-corrected chi connectivity index (χ2v) is 3.52. The van der Waals surface area contributed by atoms with Crippen LogP contribution in [0.5, 0.6) is 5.75 Å². The van der Waals surface area contributed by atoms with E-state index in [9.17, 15) is 4.39 Å². The Balaban J connectivity index is 2.66. The summed E-state index contributed by atoms with van der Waals surface area (Å²) in [4.78, 5) is 2.07. The fraction of sp³-hybridized carbons (Fsp3) is 0.455. The van der Waals surface area contributed by atoms with E-state index in [0.29, 0.717) is 5.75 Å². The lowest BCUT2D eigenvalue weighted by Crippen LogP contribution is -2.15. The van der Waals surface area contributed by atoms with Gasteiger partial charge in [-0.2, -0.15) is 0 Å². The number of methoxy groups -OCH3 is 1. The Morgan fingerprint density at radius 2 is 2.07 bits per heavy atom. The number of likely N-dealkylation sites (N-methyl/N-ethyl adjacent to an activating group) is 1. The molecule has 0 amide bonds. The molecule has 14 heavy (non-hydrogen) atoms. The number of benzene rings is 1. The fourth-order valence-corrected chi connectivity index (χ4v) is 1.22. The largest absolute Gasteiger partial charge is 0.494 e. The van der Waals surface area contributed by atoms with E-state index in [-0.39, 0.29) is 5.82 Å². The van der Waals surface area contributed by atoms with Gasteiger partial charge in [0.05, 0.1) is 7.11 Å². The third-order valence-corrected chi connectivity index (χ3v) is 2.06.